The van der Waals surface area contributed by atoms with E-state index in [-0.39, 0.29) is 24.3 Å². The zero-order valence-corrected chi connectivity index (χ0v) is 14.0. The second-order valence-electron chi connectivity index (χ2n) is 6.56. The van der Waals surface area contributed by atoms with Gasteiger partial charge in [-0.3, -0.25) is 9.59 Å². The number of hydrogen-bond donors (Lipinski definition) is 1. The minimum atomic E-state index is -0.772. The standard InChI is InChI=1S/C18H25NO4/c1-12(2)14-4-6-15(7-5-14)23-11-17(20)19-9-8-16(18(21)22)13(3)10-19/h4-7,12-13,16H,8-11H2,1-3H3,(H,21,22). The molecule has 1 amide bonds. The first-order valence-electron chi connectivity index (χ1n) is 8.11. The summed E-state index contributed by atoms with van der Waals surface area (Å²) in [4.78, 5) is 25.0. The number of ether oxygens (including phenoxy) is 1. The van der Waals surface area contributed by atoms with Gasteiger partial charge in [0.15, 0.2) is 6.61 Å². The molecular weight excluding hydrogens is 294 g/mol. The highest BCUT2D eigenvalue weighted by Crippen LogP contribution is 2.24. The summed E-state index contributed by atoms with van der Waals surface area (Å²) in [5.74, 6) is -0.113. The van der Waals surface area contributed by atoms with Gasteiger partial charge in [-0.25, -0.2) is 0 Å². The Hall–Kier alpha value is -2.04. The molecule has 5 nitrogen and oxygen atoms in total. The van der Waals surface area contributed by atoms with Crippen molar-refractivity contribution in [1.82, 2.24) is 4.90 Å². The summed E-state index contributed by atoms with van der Waals surface area (Å²) in [6.07, 6.45) is 0.505. The van der Waals surface area contributed by atoms with Crippen molar-refractivity contribution in [2.45, 2.75) is 33.1 Å². The Morgan fingerprint density at radius 3 is 2.48 bits per heavy atom. The molecule has 5 heteroatoms. The van der Waals surface area contributed by atoms with Crippen LogP contribution in [0, 0.1) is 11.8 Å². The van der Waals surface area contributed by atoms with E-state index >= 15 is 0 Å². The van der Waals surface area contributed by atoms with Crippen LogP contribution in [0.2, 0.25) is 0 Å². The number of hydrogen-bond acceptors (Lipinski definition) is 3. The van der Waals surface area contributed by atoms with Crippen LogP contribution in [0.4, 0.5) is 0 Å². The number of carbonyl (C=O) groups is 2. The van der Waals surface area contributed by atoms with Gasteiger partial charge in [-0.05, 0) is 36.0 Å². The first kappa shape index (κ1) is 17.3. The van der Waals surface area contributed by atoms with Crippen molar-refractivity contribution in [3.63, 3.8) is 0 Å². The number of nitrogens with zero attached hydrogens (tertiary/aromatic N) is 1. The lowest BCUT2D eigenvalue weighted by molar-refractivity contribution is -0.148. The predicted octanol–water partition coefficient (Wildman–Crippen LogP) is 2.76. The third kappa shape index (κ3) is 4.47. The lowest BCUT2D eigenvalue weighted by atomic mass is 9.87. The highest BCUT2D eigenvalue weighted by molar-refractivity contribution is 5.78. The fourth-order valence-corrected chi connectivity index (χ4v) is 2.92. The van der Waals surface area contributed by atoms with Gasteiger partial charge in [0, 0.05) is 13.1 Å². The Labute approximate surface area is 137 Å². The molecule has 126 valence electrons. The average Bonchev–Trinajstić information content (AvgIpc) is 2.52. The summed E-state index contributed by atoms with van der Waals surface area (Å²) in [6, 6.07) is 7.76. The van der Waals surface area contributed by atoms with Crippen molar-refractivity contribution in [2.24, 2.45) is 11.8 Å². The van der Waals surface area contributed by atoms with E-state index in [4.69, 9.17) is 9.84 Å². The SMILES string of the molecule is CC(C)c1ccc(OCC(=O)N2CCC(C(=O)O)C(C)C2)cc1. The fourth-order valence-electron chi connectivity index (χ4n) is 2.92. The molecule has 0 bridgehead atoms. The monoisotopic (exact) mass is 319 g/mol. The van der Waals surface area contributed by atoms with Crippen LogP contribution >= 0.6 is 0 Å². The number of carbonyl (C=O) groups excluding carboxylic acids is 1. The van der Waals surface area contributed by atoms with E-state index in [1.54, 1.807) is 4.90 Å². The van der Waals surface area contributed by atoms with Crippen LogP contribution < -0.4 is 4.74 Å². The van der Waals surface area contributed by atoms with Gasteiger partial charge in [-0.15, -0.1) is 0 Å². The molecule has 1 fully saturated rings. The second-order valence-corrected chi connectivity index (χ2v) is 6.56. The molecule has 0 aliphatic carbocycles. The Morgan fingerprint density at radius 2 is 1.96 bits per heavy atom. The zero-order valence-electron chi connectivity index (χ0n) is 14.0. The number of carboxylic acid groups (broad SMARTS) is 1. The molecule has 1 heterocycles. The Balaban J connectivity index is 1.84. The first-order chi connectivity index (χ1) is 10.9. The molecule has 2 unspecified atom stereocenters. The van der Waals surface area contributed by atoms with Crippen molar-refractivity contribution in [3.8, 4) is 5.75 Å². The zero-order chi connectivity index (χ0) is 17.0. The molecule has 1 N–H and O–H groups in total. The molecule has 0 aromatic heterocycles. The van der Waals surface area contributed by atoms with E-state index in [9.17, 15) is 9.59 Å². The molecule has 0 radical (unpaired) electrons. The van der Waals surface area contributed by atoms with E-state index in [2.05, 4.69) is 13.8 Å². The molecule has 1 aliphatic rings. The third-order valence-electron chi connectivity index (χ3n) is 4.48. The average molecular weight is 319 g/mol. The number of benzene rings is 1. The van der Waals surface area contributed by atoms with Crippen LogP contribution in [0.15, 0.2) is 24.3 Å². The van der Waals surface area contributed by atoms with E-state index in [1.165, 1.54) is 5.56 Å². The fraction of sp³-hybridized carbons (Fsp3) is 0.556. The van der Waals surface area contributed by atoms with Crippen LogP contribution in [0.25, 0.3) is 0 Å². The summed E-state index contributed by atoms with van der Waals surface area (Å²) >= 11 is 0. The van der Waals surface area contributed by atoms with Gasteiger partial charge in [-0.1, -0.05) is 32.9 Å². The number of aliphatic carboxylic acids is 1. The molecule has 1 aromatic carbocycles. The first-order valence-corrected chi connectivity index (χ1v) is 8.11. The number of amides is 1. The molecule has 2 atom stereocenters. The van der Waals surface area contributed by atoms with Gasteiger partial charge in [0.25, 0.3) is 5.91 Å². The van der Waals surface area contributed by atoms with Gasteiger partial charge < -0.3 is 14.7 Å². The maximum Gasteiger partial charge on any atom is 0.306 e. The van der Waals surface area contributed by atoms with Crippen LogP contribution in [0.5, 0.6) is 5.75 Å². The molecule has 1 aromatic rings. The number of piperidine rings is 1. The molecular formula is C18H25NO4. The Kier molecular flexibility index (Phi) is 5.64. The van der Waals surface area contributed by atoms with Gasteiger partial charge in [-0.2, -0.15) is 0 Å². The molecule has 2 rings (SSSR count). The number of carboxylic acids is 1. The van der Waals surface area contributed by atoms with Crippen LogP contribution in [0.3, 0.4) is 0 Å². The van der Waals surface area contributed by atoms with E-state index in [0.717, 1.165) is 0 Å². The summed E-state index contributed by atoms with van der Waals surface area (Å²) in [5.41, 5.74) is 1.23. The van der Waals surface area contributed by atoms with E-state index in [0.29, 0.717) is 31.2 Å². The van der Waals surface area contributed by atoms with Crippen LogP contribution in [0.1, 0.15) is 38.7 Å². The summed E-state index contributed by atoms with van der Waals surface area (Å²) in [5, 5.41) is 9.12. The number of likely N-dealkylation sites (tertiary alicyclic amines) is 1. The van der Waals surface area contributed by atoms with Gasteiger partial charge in [0.2, 0.25) is 0 Å². The van der Waals surface area contributed by atoms with Crippen molar-refractivity contribution >= 4 is 11.9 Å². The normalized spacial score (nSPS) is 21.3. The molecule has 23 heavy (non-hydrogen) atoms. The van der Waals surface area contributed by atoms with Crippen LogP contribution in [-0.4, -0.2) is 41.6 Å². The molecule has 1 saturated heterocycles. The van der Waals surface area contributed by atoms with Crippen LogP contribution in [-0.2, 0) is 9.59 Å². The largest absolute Gasteiger partial charge is 0.484 e. The summed E-state index contributed by atoms with van der Waals surface area (Å²) in [6.45, 7) is 7.08. The van der Waals surface area contributed by atoms with E-state index in [1.807, 2.05) is 31.2 Å². The molecule has 0 saturated carbocycles. The molecule has 0 spiro atoms. The van der Waals surface area contributed by atoms with Gasteiger partial charge in [0.05, 0.1) is 5.92 Å². The second kappa shape index (κ2) is 7.49. The summed E-state index contributed by atoms with van der Waals surface area (Å²) < 4.78 is 5.56. The highest BCUT2D eigenvalue weighted by atomic mass is 16.5. The highest BCUT2D eigenvalue weighted by Gasteiger charge is 2.32. The minimum absolute atomic E-state index is 0.00845. The third-order valence-corrected chi connectivity index (χ3v) is 4.48. The number of rotatable bonds is 5. The van der Waals surface area contributed by atoms with Crippen molar-refractivity contribution in [3.05, 3.63) is 29.8 Å². The smallest absolute Gasteiger partial charge is 0.306 e. The maximum atomic E-state index is 12.2. The van der Waals surface area contributed by atoms with Crippen molar-refractivity contribution in [2.75, 3.05) is 19.7 Å². The maximum absolute atomic E-state index is 12.2. The predicted molar refractivity (Wildman–Crippen MR) is 87.5 cm³/mol. The quantitative estimate of drug-likeness (QED) is 0.906. The lowest BCUT2D eigenvalue weighted by Crippen LogP contribution is -2.46. The topological polar surface area (TPSA) is 66.8 Å². The molecule has 1 aliphatic heterocycles. The summed E-state index contributed by atoms with van der Waals surface area (Å²) in [7, 11) is 0. The Morgan fingerprint density at radius 1 is 1.30 bits per heavy atom. The van der Waals surface area contributed by atoms with E-state index < -0.39 is 5.97 Å². The van der Waals surface area contributed by atoms with Gasteiger partial charge >= 0.3 is 5.97 Å². The van der Waals surface area contributed by atoms with Crippen molar-refractivity contribution in [1.29, 1.82) is 0 Å². The van der Waals surface area contributed by atoms with Crippen molar-refractivity contribution < 1.29 is 19.4 Å². The Bertz CT molecular complexity index is 553. The van der Waals surface area contributed by atoms with Gasteiger partial charge in [0.1, 0.15) is 5.75 Å². The lowest BCUT2D eigenvalue weighted by Gasteiger charge is -2.34. The minimum Gasteiger partial charge on any atom is -0.484 e.